The molecule has 4 rings (SSSR count). The quantitative estimate of drug-likeness (QED) is 0.746. The third-order valence-electron chi connectivity index (χ3n) is 5.33. The lowest BCUT2D eigenvalue weighted by atomic mass is 9.82. The van der Waals surface area contributed by atoms with Gasteiger partial charge in [0.2, 0.25) is 5.91 Å². The Morgan fingerprint density at radius 3 is 2.68 bits per heavy atom. The minimum atomic E-state index is -0.338. The van der Waals surface area contributed by atoms with E-state index in [0.717, 1.165) is 37.7 Å². The van der Waals surface area contributed by atoms with Crippen molar-refractivity contribution in [2.24, 2.45) is 0 Å². The molecule has 0 aromatic heterocycles. The largest absolute Gasteiger partial charge is 0.335 e. The summed E-state index contributed by atoms with van der Waals surface area (Å²) in [5, 5.41) is 0.391. The van der Waals surface area contributed by atoms with E-state index in [-0.39, 0.29) is 30.2 Å². The highest BCUT2D eigenvalue weighted by Crippen LogP contribution is 2.37. The van der Waals surface area contributed by atoms with Crippen molar-refractivity contribution >= 4 is 17.5 Å². The predicted molar refractivity (Wildman–Crippen MR) is 97.1 cm³/mol. The summed E-state index contributed by atoms with van der Waals surface area (Å²) in [6.07, 6.45) is 4.90. The van der Waals surface area contributed by atoms with Crippen LogP contribution < -0.4 is 0 Å². The van der Waals surface area contributed by atoms with Gasteiger partial charge in [-0.3, -0.25) is 4.79 Å². The highest BCUT2D eigenvalue weighted by Gasteiger charge is 2.38. The summed E-state index contributed by atoms with van der Waals surface area (Å²) >= 11 is 6.19. The first-order valence-electron chi connectivity index (χ1n) is 8.96. The molecule has 0 aliphatic heterocycles. The van der Waals surface area contributed by atoms with Gasteiger partial charge in [-0.2, -0.15) is 0 Å². The number of aryl methyl sites for hydroxylation is 1. The van der Waals surface area contributed by atoms with Crippen LogP contribution >= 0.6 is 11.6 Å². The molecule has 0 heterocycles. The zero-order valence-corrected chi connectivity index (χ0v) is 14.8. The number of nitrogens with zero attached hydrogens (tertiary/aromatic N) is 1. The van der Waals surface area contributed by atoms with Gasteiger partial charge in [-0.05, 0) is 55.4 Å². The van der Waals surface area contributed by atoms with E-state index < -0.39 is 0 Å². The van der Waals surface area contributed by atoms with Gasteiger partial charge in [-0.1, -0.05) is 41.9 Å². The van der Waals surface area contributed by atoms with Gasteiger partial charge in [0, 0.05) is 16.6 Å². The Bertz CT molecular complexity index is 782. The topological polar surface area (TPSA) is 20.3 Å². The zero-order chi connectivity index (χ0) is 17.4. The molecule has 2 aliphatic rings. The van der Waals surface area contributed by atoms with E-state index in [1.54, 1.807) is 12.1 Å². The molecule has 2 nitrogen and oxygen atoms in total. The van der Waals surface area contributed by atoms with Crippen LogP contribution in [0, 0.1) is 5.82 Å². The van der Waals surface area contributed by atoms with E-state index in [4.69, 9.17) is 11.6 Å². The second kappa shape index (κ2) is 6.80. The van der Waals surface area contributed by atoms with E-state index in [1.807, 2.05) is 17.0 Å². The molecule has 1 atom stereocenters. The van der Waals surface area contributed by atoms with Gasteiger partial charge < -0.3 is 4.90 Å². The first-order chi connectivity index (χ1) is 12.1. The minimum absolute atomic E-state index is 0.115. The van der Waals surface area contributed by atoms with Crippen LogP contribution in [0.25, 0.3) is 0 Å². The number of rotatable bonds is 4. The van der Waals surface area contributed by atoms with E-state index in [1.165, 1.54) is 11.6 Å². The van der Waals surface area contributed by atoms with Gasteiger partial charge in [-0.25, -0.2) is 4.39 Å². The fourth-order valence-electron chi connectivity index (χ4n) is 3.84. The number of hydrogen-bond acceptors (Lipinski definition) is 1. The molecular formula is C21H21ClFNO. The molecule has 4 heteroatoms. The second-order valence-electron chi connectivity index (χ2n) is 7.04. The molecule has 1 fully saturated rings. The first-order valence-corrected chi connectivity index (χ1v) is 9.34. The van der Waals surface area contributed by atoms with Crippen molar-refractivity contribution < 1.29 is 9.18 Å². The van der Waals surface area contributed by atoms with Gasteiger partial charge in [0.25, 0.3) is 0 Å². The standard InChI is InChI=1S/C21H21ClFNO/c22-19-9-4-10-20(23)18(19)13-24(15-11-12-15)21(25)17-8-3-6-14-5-1-2-7-16(14)17/h1-2,4-5,7,9-10,15,17H,3,6,8,11-13H2. The summed E-state index contributed by atoms with van der Waals surface area (Å²) in [6, 6.07) is 13.1. The average molecular weight is 358 g/mol. The highest BCUT2D eigenvalue weighted by molar-refractivity contribution is 6.31. The maximum Gasteiger partial charge on any atom is 0.230 e. The number of carbonyl (C=O) groups is 1. The van der Waals surface area contributed by atoms with Gasteiger partial charge in [0.1, 0.15) is 5.82 Å². The fraction of sp³-hybridized carbons (Fsp3) is 0.381. The molecule has 2 aromatic rings. The average Bonchev–Trinajstić information content (AvgIpc) is 3.45. The lowest BCUT2D eigenvalue weighted by Crippen LogP contribution is -2.38. The smallest absolute Gasteiger partial charge is 0.230 e. The predicted octanol–water partition coefficient (Wildman–Crippen LogP) is 5.09. The molecular weight excluding hydrogens is 337 g/mol. The van der Waals surface area contributed by atoms with Crippen LogP contribution in [0.15, 0.2) is 42.5 Å². The van der Waals surface area contributed by atoms with Crippen molar-refractivity contribution in [2.75, 3.05) is 0 Å². The number of fused-ring (bicyclic) bond motifs is 1. The highest BCUT2D eigenvalue weighted by atomic mass is 35.5. The summed E-state index contributed by atoms with van der Waals surface area (Å²) in [4.78, 5) is 15.2. The Morgan fingerprint density at radius 2 is 1.92 bits per heavy atom. The Hall–Kier alpha value is -1.87. The van der Waals surface area contributed by atoms with Crippen molar-refractivity contribution in [1.29, 1.82) is 0 Å². The van der Waals surface area contributed by atoms with Crippen molar-refractivity contribution in [1.82, 2.24) is 4.90 Å². The summed E-state index contributed by atoms with van der Waals surface area (Å²) in [5.41, 5.74) is 2.84. The molecule has 0 spiro atoms. The monoisotopic (exact) mass is 357 g/mol. The van der Waals surface area contributed by atoms with Crippen LogP contribution in [0.1, 0.15) is 48.3 Å². The number of halogens is 2. The molecule has 2 aliphatic carbocycles. The molecule has 2 aromatic carbocycles. The summed E-state index contributed by atoms with van der Waals surface area (Å²) in [5.74, 6) is -0.333. The molecule has 1 saturated carbocycles. The Kier molecular flexibility index (Phi) is 4.51. The van der Waals surface area contributed by atoms with E-state index in [2.05, 4.69) is 12.1 Å². The number of hydrogen-bond donors (Lipinski definition) is 0. The molecule has 0 bridgehead atoms. The molecule has 0 radical (unpaired) electrons. The van der Waals surface area contributed by atoms with Crippen LogP contribution in [-0.4, -0.2) is 16.8 Å². The fourth-order valence-corrected chi connectivity index (χ4v) is 4.06. The molecule has 130 valence electrons. The lowest BCUT2D eigenvalue weighted by Gasteiger charge is -2.31. The van der Waals surface area contributed by atoms with Crippen LogP contribution in [0.3, 0.4) is 0 Å². The van der Waals surface area contributed by atoms with Crippen LogP contribution in [-0.2, 0) is 17.8 Å². The van der Waals surface area contributed by atoms with Crippen LogP contribution in [0.4, 0.5) is 4.39 Å². The third kappa shape index (κ3) is 3.30. The SMILES string of the molecule is O=C(C1CCCc2ccccc21)N(Cc1c(F)cccc1Cl)C1CC1. The minimum Gasteiger partial charge on any atom is -0.335 e. The third-order valence-corrected chi connectivity index (χ3v) is 5.68. The molecule has 1 amide bonds. The summed E-state index contributed by atoms with van der Waals surface area (Å²) in [6.45, 7) is 0.258. The van der Waals surface area contributed by atoms with Crippen molar-refractivity contribution in [3.8, 4) is 0 Å². The van der Waals surface area contributed by atoms with Gasteiger partial charge in [0.15, 0.2) is 0 Å². The first kappa shape index (κ1) is 16.6. The molecule has 0 saturated heterocycles. The Labute approximate surface area is 152 Å². The molecule has 1 unspecified atom stereocenters. The maximum absolute atomic E-state index is 14.2. The van der Waals surface area contributed by atoms with Crippen LogP contribution in [0.2, 0.25) is 5.02 Å². The van der Waals surface area contributed by atoms with E-state index >= 15 is 0 Å². The molecule has 25 heavy (non-hydrogen) atoms. The van der Waals surface area contributed by atoms with Crippen molar-refractivity contribution in [2.45, 2.75) is 50.6 Å². The van der Waals surface area contributed by atoms with Gasteiger partial charge >= 0.3 is 0 Å². The van der Waals surface area contributed by atoms with Crippen molar-refractivity contribution in [3.05, 3.63) is 70.0 Å². The normalized spacial score (nSPS) is 19.4. The van der Waals surface area contributed by atoms with E-state index in [9.17, 15) is 9.18 Å². The lowest BCUT2D eigenvalue weighted by molar-refractivity contribution is -0.134. The second-order valence-corrected chi connectivity index (χ2v) is 7.45. The molecule has 0 N–H and O–H groups in total. The summed E-state index contributed by atoms with van der Waals surface area (Å²) in [7, 11) is 0. The van der Waals surface area contributed by atoms with Crippen LogP contribution in [0.5, 0.6) is 0 Å². The van der Waals surface area contributed by atoms with E-state index in [0.29, 0.717) is 10.6 Å². The van der Waals surface area contributed by atoms with Gasteiger partial charge in [0.05, 0.1) is 12.5 Å². The number of benzene rings is 2. The maximum atomic E-state index is 14.2. The van der Waals surface area contributed by atoms with Gasteiger partial charge in [-0.15, -0.1) is 0 Å². The Morgan fingerprint density at radius 1 is 1.12 bits per heavy atom. The summed E-state index contributed by atoms with van der Waals surface area (Å²) < 4.78 is 14.2. The Balaban J connectivity index is 1.63. The number of carbonyl (C=O) groups excluding carboxylic acids is 1. The number of amides is 1. The van der Waals surface area contributed by atoms with Crippen molar-refractivity contribution in [3.63, 3.8) is 0 Å². The zero-order valence-electron chi connectivity index (χ0n) is 14.1.